The van der Waals surface area contributed by atoms with Gasteiger partial charge in [0.25, 0.3) is 0 Å². The van der Waals surface area contributed by atoms with Crippen LogP contribution in [0.4, 0.5) is 0 Å². The average molecular weight is 199 g/mol. The molecule has 0 fully saturated rings. The number of aryl methyl sites for hydroxylation is 2. The molecule has 2 N–H and O–H groups in total. The minimum absolute atomic E-state index is 0.273. The first-order valence-corrected chi connectivity index (χ1v) is 5.43. The predicted octanol–water partition coefficient (Wildman–Crippen LogP) is 1.84. The van der Waals surface area contributed by atoms with E-state index in [9.17, 15) is 0 Å². The van der Waals surface area contributed by atoms with E-state index in [4.69, 9.17) is 5.11 Å². The molecule has 13 heavy (non-hydrogen) atoms. The molecular formula is C10H17NOS. The second kappa shape index (κ2) is 5.37. The lowest BCUT2D eigenvalue weighted by Gasteiger charge is -1.99. The zero-order chi connectivity index (χ0) is 9.68. The van der Waals surface area contributed by atoms with Gasteiger partial charge in [0, 0.05) is 22.9 Å². The fourth-order valence-electron chi connectivity index (χ4n) is 1.15. The van der Waals surface area contributed by atoms with Crippen LogP contribution in [-0.2, 0) is 6.54 Å². The van der Waals surface area contributed by atoms with Crippen molar-refractivity contribution in [2.24, 2.45) is 0 Å². The summed E-state index contributed by atoms with van der Waals surface area (Å²) in [5.41, 5.74) is 1.38. The van der Waals surface area contributed by atoms with Crippen molar-refractivity contribution in [1.82, 2.24) is 5.32 Å². The molecule has 0 radical (unpaired) electrons. The van der Waals surface area contributed by atoms with Crippen LogP contribution in [0.2, 0.25) is 0 Å². The van der Waals surface area contributed by atoms with Gasteiger partial charge < -0.3 is 10.4 Å². The van der Waals surface area contributed by atoms with Crippen LogP contribution >= 0.6 is 11.3 Å². The molecule has 3 heteroatoms. The lowest BCUT2D eigenvalue weighted by Crippen LogP contribution is -2.14. The zero-order valence-corrected chi connectivity index (χ0v) is 9.08. The Bertz CT molecular complexity index is 238. The van der Waals surface area contributed by atoms with E-state index in [0.717, 1.165) is 19.5 Å². The molecule has 1 heterocycles. The number of hydrogen-bond acceptors (Lipinski definition) is 3. The fraction of sp³-hybridized carbons (Fsp3) is 0.600. The smallest absolute Gasteiger partial charge is 0.0443 e. The molecule has 1 rings (SSSR count). The van der Waals surface area contributed by atoms with Crippen LogP contribution in [0.15, 0.2) is 6.07 Å². The Labute approximate surface area is 83.6 Å². The Morgan fingerprint density at radius 3 is 2.77 bits per heavy atom. The van der Waals surface area contributed by atoms with Crippen LogP contribution in [0.5, 0.6) is 0 Å². The van der Waals surface area contributed by atoms with Gasteiger partial charge >= 0.3 is 0 Å². The third-order valence-corrected chi connectivity index (χ3v) is 3.18. The molecule has 0 saturated carbocycles. The minimum atomic E-state index is 0.273. The normalized spacial score (nSPS) is 10.7. The van der Waals surface area contributed by atoms with Crippen molar-refractivity contribution in [3.8, 4) is 0 Å². The standard InChI is InChI=1S/C10H17NOS/c1-8-6-10(13-9(8)2)7-11-4-3-5-12/h6,11-12H,3-5,7H2,1-2H3. The van der Waals surface area contributed by atoms with Gasteiger partial charge in [0.15, 0.2) is 0 Å². The number of thiophene rings is 1. The molecule has 0 saturated heterocycles. The van der Waals surface area contributed by atoms with E-state index in [2.05, 4.69) is 25.2 Å². The third kappa shape index (κ3) is 3.46. The minimum Gasteiger partial charge on any atom is -0.396 e. The van der Waals surface area contributed by atoms with Crippen LogP contribution in [0.25, 0.3) is 0 Å². The molecule has 2 nitrogen and oxygen atoms in total. The topological polar surface area (TPSA) is 32.3 Å². The molecule has 0 unspecified atom stereocenters. The highest BCUT2D eigenvalue weighted by atomic mass is 32.1. The quantitative estimate of drug-likeness (QED) is 0.709. The molecular weight excluding hydrogens is 182 g/mol. The summed E-state index contributed by atoms with van der Waals surface area (Å²) in [7, 11) is 0. The summed E-state index contributed by atoms with van der Waals surface area (Å²) in [6.45, 7) is 6.39. The largest absolute Gasteiger partial charge is 0.396 e. The zero-order valence-electron chi connectivity index (χ0n) is 8.26. The van der Waals surface area contributed by atoms with E-state index >= 15 is 0 Å². The molecule has 0 bridgehead atoms. The Morgan fingerprint density at radius 2 is 2.23 bits per heavy atom. The van der Waals surface area contributed by atoms with Crippen molar-refractivity contribution in [3.63, 3.8) is 0 Å². The fourth-order valence-corrected chi connectivity index (χ4v) is 2.18. The first-order valence-electron chi connectivity index (χ1n) is 4.61. The van der Waals surface area contributed by atoms with Gasteiger partial charge in [-0.05, 0) is 38.4 Å². The molecule has 0 aliphatic heterocycles. The second-order valence-electron chi connectivity index (χ2n) is 3.21. The summed E-state index contributed by atoms with van der Waals surface area (Å²) in [5.74, 6) is 0. The molecule has 1 aromatic rings. The van der Waals surface area contributed by atoms with Crippen molar-refractivity contribution in [2.45, 2.75) is 26.8 Å². The van der Waals surface area contributed by atoms with Crippen LogP contribution in [0, 0.1) is 13.8 Å². The molecule has 0 spiro atoms. The molecule has 0 aromatic carbocycles. The Hall–Kier alpha value is -0.380. The number of hydrogen-bond donors (Lipinski definition) is 2. The van der Waals surface area contributed by atoms with Gasteiger partial charge in [-0.3, -0.25) is 0 Å². The molecule has 0 aliphatic carbocycles. The summed E-state index contributed by atoms with van der Waals surface area (Å²) in [5, 5.41) is 11.9. The lowest BCUT2D eigenvalue weighted by atomic mass is 10.3. The van der Waals surface area contributed by atoms with Crippen molar-refractivity contribution in [2.75, 3.05) is 13.2 Å². The SMILES string of the molecule is Cc1cc(CNCCCO)sc1C. The van der Waals surface area contributed by atoms with E-state index in [1.807, 2.05) is 11.3 Å². The van der Waals surface area contributed by atoms with Gasteiger partial charge in [-0.1, -0.05) is 0 Å². The molecule has 1 aromatic heterocycles. The Morgan fingerprint density at radius 1 is 1.46 bits per heavy atom. The van der Waals surface area contributed by atoms with Crippen molar-refractivity contribution >= 4 is 11.3 Å². The van der Waals surface area contributed by atoms with E-state index < -0.39 is 0 Å². The van der Waals surface area contributed by atoms with Crippen LogP contribution in [-0.4, -0.2) is 18.3 Å². The highest BCUT2D eigenvalue weighted by Gasteiger charge is 1.99. The number of aliphatic hydroxyl groups is 1. The van der Waals surface area contributed by atoms with E-state index in [1.54, 1.807) is 0 Å². The highest BCUT2D eigenvalue weighted by Crippen LogP contribution is 2.19. The van der Waals surface area contributed by atoms with Crippen LogP contribution < -0.4 is 5.32 Å². The highest BCUT2D eigenvalue weighted by molar-refractivity contribution is 7.12. The summed E-state index contributed by atoms with van der Waals surface area (Å²) in [4.78, 5) is 2.78. The van der Waals surface area contributed by atoms with E-state index in [0.29, 0.717) is 0 Å². The van der Waals surface area contributed by atoms with Gasteiger partial charge in [-0.2, -0.15) is 0 Å². The summed E-state index contributed by atoms with van der Waals surface area (Å²) >= 11 is 1.85. The molecule has 0 amide bonds. The summed E-state index contributed by atoms with van der Waals surface area (Å²) < 4.78 is 0. The van der Waals surface area contributed by atoms with Crippen molar-refractivity contribution in [1.29, 1.82) is 0 Å². The third-order valence-electron chi connectivity index (χ3n) is 2.03. The Balaban J connectivity index is 2.29. The maximum atomic E-state index is 8.57. The number of aliphatic hydroxyl groups excluding tert-OH is 1. The maximum absolute atomic E-state index is 8.57. The molecule has 0 atom stereocenters. The van der Waals surface area contributed by atoms with Gasteiger partial charge in [-0.25, -0.2) is 0 Å². The van der Waals surface area contributed by atoms with Gasteiger partial charge in [0.2, 0.25) is 0 Å². The monoisotopic (exact) mass is 199 g/mol. The lowest BCUT2D eigenvalue weighted by molar-refractivity contribution is 0.286. The average Bonchev–Trinajstić information content (AvgIpc) is 2.41. The maximum Gasteiger partial charge on any atom is 0.0443 e. The van der Waals surface area contributed by atoms with Crippen molar-refractivity contribution < 1.29 is 5.11 Å². The number of nitrogens with one attached hydrogen (secondary N) is 1. The first kappa shape index (κ1) is 10.7. The van der Waals surface area contributed by atoms with Gasteiger partial charge in [-0.15, -0.1) is 11.3 Å². The number of rotatable bonds is 5. The van der Waals surface area contributed by atoms with Crippen LogP contribution in [0.3, 0.4) is 0 Å². The second-order valence-corrected chi connectivity index (χ2v) is 4.55. The van der Waals surface area contributed by atoms with E-state index in [1.165, 1.54) is 15.3 Å². The summed E-state index contributed by atoms with van der Waals surface area (Å²) in [6, 6.07) is 2.23. The van der Waals surface area contributed by atoms with E-state index in [-0.39, 0.29) is 6.61 Å². The predicted molar refractivity (Wildman–Crippen MR) is 57.2 cm³/mol. The summed E-state index contributed by atoms with van der Waals surface area (Å²) in [6.07, 6.45) is 0.837. The molecule has 0 aliphatic rings. The van der Waals surface area contributed by atoms with Gasteiger partial charge in [0.05, 0.1) is 0 Å². The van der Waals surface area contributed by atoms with Crippen molar-refractivity contribution in [3.05, 3.63) is 21.4 Å². The van der Waals surface area contributed by atoms with Crippen LogP contribution in [0.1, 0.15) is 21.7 Å². The first-order chi connectivity index (χ1) is 6.24. The Kier molecular flexibility index (Phi) is 4.42. The van der Waals surface area contributed by atoms with Gasteiger partial charge in [0.1, 0.15) is 0 Å². The molecule has 74 valence electrons.